The summed E-state index contributed by atoms with van der Waals surface area (Å²) in [5, 5.41) is 8.92. The average molecular weight is 266 g/mol. The molecule has 0 aromatic heterocycles. The normalized spacial score (nSPS) is 17.6. The number of rotatable bonds is 4. The van der Waals surface area contributed by atoms with Crippen LogP contribution in [-0.2, 0) is 6.54 Å². The van der Waals surface area contributed by atoms with Crippen LogP contribution in [0.4, 0.5) is 4.39 Å². The van der Waals surface area contributed by atoms with Gasteiger partial charge in [-0.1, -0.05) is 6.92 Å². The highest BCUT2D eigenvalue weighted by molar-refractivity contribution is 5.87. The van der Waals surface area contributed by atoms with Gasteiger partial charge in [0.15, 0.2) is 0 Å². The molecule has 1 aliphatic rings. The van der Waals surface area contributed by atoms with Crippen molar-refractivity contribution in [3.8, 4) is 0 Å². The van der Waals surface area contributed by atoms with E-state index in [1.165, 1.54) is 6.07 Å². The molecule has 0 unspecified atom stereocenters. The van der Waals surface area contributed by atoms with Gasteiger partial charge in [0.05, 0.1) is 5.56 Å². The second kappa shape index (κ2) is 6.12. The Kier molecular flexibility index (Phi) is 4.50. The van der Waals surface area contributed by atoms with E-state index in [-0.39, 0.29) is 5.56 Å². The zero-order chi connectivity index (χ0) is 13.8. The molecule has 0 saturated carbocycles. The highest BCUT2D eigenvalue weighted by Gasteiger charge is 2.16. The number of likely N-dealkylation sites (N-methyl/N-ethyl adjacent to an activating group) is 1. The number of benzene rings is 1. The van der Waals surface area contributed by atoms with E-state index >= 15 is 0 Å². The van der Waals surface area contributed by atoms with Crippen LogP contribution < -0.4 is 0 Å². The number of carboxylic acids is 1. The van der Waals surface area contributed by atoms with Crippen molar-refractivity contribution in [1.29, 1.82) is 0 Å². The van der Waals surface area contributed by atoms with Gasteiger partial charge in [-0.3, -0.25) is 4.90 Å². The van der Waals surface area contributed by atoms with Crippen molar-refractivity contribution >= 4 is 5.97 Å². The minimum absolute atomic E-state index is 0.0159. The molecule has 2 rings (SSSR count). The summed E-state index contributed by atoms with van der Waals surface area (Å²) in [6, 6.07) is 4.02. The molecule has 1 aliphatic heterocycles. The standard InChI is InChI=1S/C14H19FN2O2/c1-2-16-3-5-17(6-4-16)10-11-7-12(14(18)19)9-13(15)8-11/h7-9H,2-6,10H2,1H3,(H,18,19). The van der Waals surface area contributed by atoms with E-state index in [0.717, 1.165) is 44.4 Å². The lowest BCUT2D eigenvalue weighted by Gasteiger charge is -2.34. The summed E-state index contributed by atoms with van der Waals surface area (Å²) in [6.45, 7) is 7.70. The molecule has 0 radical (unpaired) electrons. The molecular formula is C14H19FN2O2. The van der Waals surface area contributed by atoms with E-state index < -0.39 is 11.8 Å². The van der Waals surface area contributed by atoms with Crippen LogP contribution in [0.3, 0.4) is 0 Å². The summed E-state index contributed by atoms with van der Waals surface area (Å²) < 4.78 is 13.4. The highest BCUT2D eigenvalue weighted by Crippen LogP contribution is 2.13. The Labute approximate surface area is 112 Å². The third-order valence-corrected chi connectivity index (χ3v) is 3.52. The Morgan fingerprint density at radius 1 is 1.21 bits per heavy atom. The summed E-state index contributed by atoms with van der Waals surface area (Å²) in [6.07, 6.45) is 0. The maximum atomic E-state index is 13.4. The molecule has 104 valence electrons. The van der Waals surface area contributed by atoms with Gasteiger partial charge in [-0.25, -0.2) is 9.18 Å². The fourth-order valence-corrected chi connectivity index (χ4v) is 2.39. The van der Waals surface area contributed by atoms with Crippen molar-refractivity contribution in [3.05, 3.63) is 35.1 Å². The van der Waals surface area contributed by atoms with Crippen LogP contribution in [-0.4, -0.2) is 53.6 Å². The monoisotopic (exact) mass is 266 g/mol. The molecule has 1 saturated heterocycles. The number of carboxylic acid groups (broad SMARTS) is 1. The molecule has 0 bridgehead atoms. The lowest BCUT2D eigenvalue weighted by atomic mass is 10.1. The molecule has 1 fully saturated rings. The molecule has 1 aromatic rings. The van der Waals surface area contributed by atoms with E-state index in [1.807, 2.05) is 0 Å². The third-order valence-electron chi connectivity index (χ3n) is 3.52. The van der Waals surface area contributed by atoms with Gasteiger partial charge in [0, 0.05) is 32.7 Å². The van der Waals surface area contributed by atoms with Crippen molar-refractivity contribution in [2.24, 2.45) is 0 Å². The minimum atomic E-state index is -1.09. The largest absolute Gasteiger partial charge is 0.478 e. The first-order valence-corrected chi connectivity index (χ1v) is 6.56. The van der Waals surface area contributed by atoms with Gasteiger partial charge in [0.2, 0.25) is 0 Å². The average Bonchev–Trinajstić information content (AvgIpc) is 2.39. The summed E-state index contributed by atoms with van der Waals surface area (Å²) >= 11 is 0. The predicted octanol–water partition coefficient (Wildman–Crippen LogP) is 1.66. The first-order chi connectivity index (χ1) is 9.08. The zero-order valence-corrected chi connectivity index (χ0v) is 11.1. The lowest BCUT2D eigenvalue weighted by Crippen LogP contribution is -2.45. The van der Waals surface area contributed by atoms with Gasteiger partial charge in [0.25, 0.3) is 0 Å². The Morgan fingerprint density at radius 3 is 2.42 bits per heavy atom. The second-order valence-corrected chi connectivity index (χ2v) is 4.86. The van der Waals surface area contributed by atoms with Crippen molar-refractivity contribution in [1.82, 2.24) is 9.80 Å². The van der Waals surface area contributed by atoms with E-state index in [2.05, 4.69) is 16.7 Å². The van der Waals surface area contributed by atoms with E-state index in [0.29, 0.717) is 6.54 Å². The van der Waals surface area contributed by atoms with Gasteiger partial charge in [0.1, 0.15) is 5.82 Å². The molecule has 5 heteroatoms. The first kappa shape index (κ1) is 14.0. The van der Waals surface area contributed by atoms with Crippen LogP contribution in [0.5, 0.6) is 0 Å². The van der Waals surface area contributed by atoms with Crippen LogP contribution in [0.2, 0.25) is 0 Å². The summed E-state index contributed by atoms with van der Waals surface area (Å²) in [4.78, 5) is 15.5. The molecule has 4 nitrogen and oxygen atoms in total. The second-order valence-electron chi connectivity index (χ2n) is 4.86. The van der Waals surface area contributed by atoms with Crippen molar-refractivity contribution in [2.45, 2.75) is 13.5 Å². The van der Waals surface area contributed by atoms with Crippen LogP contribution in [0.1, 0.15) is 22.8 Å². The number of nitrogens with zero attached hydrogens (tertiary/aromatic N) is 2. The van der Waals surface area contributed by atoms with E-state index in [1.54, 1.807) is 6.07 Å². The van der Waals surface area contributed by atoms with Crippen LogP contribution in [0.15, 0.2) is 18.2 Å². The number of carbonyl (C=O) groups is 1. The van der Waals surface area contributed by atoms with Gasteiger partial charge in [-0.15, -0.1) is 0 Å². The Hall–Kier alpha value is -1.46. The first-order valence-electron chi connectivity index (χ1n) is 6.56. The Morgan fingerprint density at radius 2 is 1.84 bits per heavy atom. The maximum absolute atomic E-state index is 13.4. The number of halogens is 1. The molecule has 19 heavy (non-hydrogen) atoms. The van der Waals surface area contributed by atoms with Crippen molar-refractivity contribution in [2.75, 3.05) is 32.7 Å². The van der Waals surface area contributed by atoms with Crippen molar-refractivity contribution in [3.63, 3.8) is 0 Å². The van der Waals surface area contributed by atoms with Crippen molar-refractivity contribution < 1.29 is 14.3 Å². The SMILES string of the molecule is CCN1CCN(Cc2cc(F)cc(C(=O)O)c2)CC1. The molecular weight excluding hydrogens is 247 g/mol. The smallest absolute Gasteiger partial charge is 0.335 e. The lowest BCUT2D eigenvalue weighted by molar-refractivity contribution is 0.0696. The van der Waals surface area contributed by atoms with Gasteiger partial charge >= 0.3 is 5.97 Å². The maximum Gasteiger partial charge on any atom is 0.335 e. The Balaban J connectivity index is 2.01. The number of hydrogen-bond acceptors (Lipinski definition) is 3. The minimum Gasteiger partial charge on any atom is -0.478 e. The third kappa shape index (κ3) is 3.75. The summed E-state index contributed by atoms with van der Waals surface area (Å²) in [5.74, 6) is -1.57. The van der Waals surface area contributed by atoms with Gasteiger partial charge < -0.3 is 10.0 Å². The number of hydrogen-bond donors (Lipinski definition) is 1. The van der Waals surface area contributed by atoms with Crippen LogP contribution in [0.25, 0.3) is 0 Å². The Bertz CT molecular complexity index is 457. The fraction of sp³-hybridized carbons (Fsp3) is 0.500. The topological polar surface area (TPSA) is 43.8 Å². The van der Waals surface area contributed by atoms with E-state index in [9.17, 15) is 9.18 Å². The fourth-order valence-electron chi connectivity index (χ4n) is 2.39. The molecule has 1 N–H and O–H groups in total. The van der Waals surface area contributed by atoms with Crippen LogP contribution >= 0.6 is 0 Å². The zero-order valence-electron chi connectivity index (χ0n) is 11.1. The van der Waals surface area contributed by atoms with E-state index in [4.69, 9.17) is 5.11 Å². The molecule has 1 aromatic carbocycles. The number of aromatic carboxylic acids is 1. The molecule has 0 amide bonds. The number of piperazine rings is 1. The molecule has 0 spiro atoms. The highest BCUT2D eigenvalue weighted by atomic mass is 19.1. The molecule has 0 aliphatic carbocycles. The van der Waals surface area contributed by atoms with Gasteiger partial charge in [-0.05, 0) is 30.3 Å². The quantitative estimate of drug-likeness (QED) is 0.900. The molecule has 1 heterocycles. The summed E-state index contributed by atoms with van der Waals surface area (Å²) in [7, 11) is 0. The molecule has 0 atom stereocenters. The predicted molar refractivity (Wildman–Crippen MR) is 70.8 cm³/mol. The van der Waals surface area contributed by atoms with Crippen LogP contribution in [0, 0.1) is 5.82 Å². The summed E-state index contributed by atoms with van der Waals surface area (Å²) in [5.41, 5.74) is 0.740. The van der Waals surface area contributed by atoms with Gasteiger partial charge in [-0.2, -0.15) is 0 Å².